The molecule has 2 aromatic carbocycles. The summed E-state index contributed by atoms with van der Waals surface area (Å²) >= 11 is 0. The van der Waals surface area contributed by atoms with E-state index in [1.807, 2.05) is 41.4 Å². The van der Waals surface area contributed by atoms with E-state index in [1.165, 1.54) is 10.9 Å². The molecule has 1 aromatic heterocycles. The number of para-hydroxylation sites is 1. The Kier molecular flexibility index (Phi) is 5.07. The lowest BCUT2D eigenvalue weighted by atomic mass is 9.77. The third-order valence-electron chi connectivity index (χ3n) is 7.43. The highest BCUT2D eigenvalue weighted by atomic mass is 16.5. The molecule has 3 aliphatic rings. The van der Waals surface area contributed by atoms with Gasteiger partial charge in [-0.05, 0) is 18.1 Å². The molecule has 0 aliphatic carbocycles. The maximum absolute atomic E-state index is 13.5. The second-order valence-electron chi connectivity index (χ2n) is 9.36. The first-order chi connectivity index (χ1) is 17.0. The van der Waals surface area contributed by atoms with Gasteiger partial charge in [-0.1, -0.05) is 30.4 Å². The lowest BCUT2D eigenvalue weighted by Crippen LogP contribution is -2.41. The number of benzene rings is 2. The predicted molar refractivity (Wildman–Crippen MR) is 130 cm³/mol. The fraction of sp³-hybridized carbons (Fsp3) is 0.333. The molecule has 2 amide bonds. The maximum Gasteiger partial charge on any atom is 0.231 e. The van der Waals surface area contributed by atoms with Crippen molar-refractivity contribution in [3.05, 3.63) is 66.4 Å². The highest BCUT2D eigenvalue weighted by Gasteiger charge is 2.66. The van der Waals surface area contributed by atoms with Gasteiger partial charge in [0, 0.05) is 47.5 Å². The molecule has 2 N–H and O–H groups in total. The molecule has 0 radical (unpaired) electrons. The number of aromatic nitrogens is 1. The van der Waals surface area contributed by atoms with Crippen LogP contribution in [0.4, 0.5) is 5.69 Å². The van der Waals surface area contributed by atoms with Crippen molar-refractivity contribution in [2.24, 2.45) is 11.8 Å². The van der Waals surface area contributed by atoms with Gasteiger partial charge in [-0.25, -0.2) is 0 Å². The van der Waals surface area contributed by atoms with Gasteiger partial charge in [0.1, 0.15) is 17.1 Å². The van der Waals surface area contributed by atoms with Crippen LogP contribution >= 0.6 is 0 Å². The highest BCUT2D eigenvalue weighted by molar-refractivity contribution is 5.99. The van der Waals surface area contributed by atoms with Crippen molar-refractivity contribution >= 4 is 28.4 Å². The highest BCUT2D eigenvalue weighted by Crippen LogP contribution is 2.52. The van der Waals surface area contributed by atoms with Crippen molar-refractivity contribution in [2.45, 2.75) is 18.1 Å². The van der Waals surface area contributed by atoms with Gasteiger partial charge in [0.25, 0.3) is 0 Å². The Morgan fingerprint density at radius 1 is 1.20 bits per heavy atom. The quantitative estimate of drug-likeness (QED) is 0.515. The SMILES string of the molecule is COc1cc(NC(=O)[C@H]2[C@H]3C=C[C@@]4(CN(CCc5c[nH]c6ccccc56)C(=O)[C@@H]24)O3)cc(OC)c1. The number of fused-ring (bicyclic) bond motifs is 2. The number of amides is 2. The van der Waals surface area contributed by atoms with E-state index in [9.17, 15) is 9.59 Å². The Labute approximate surface area is 202 Å². The molecule has 2 saturated heterocycles. The van der Waals surface area contributed by atoms with Gasteiger partial charge in [0.15, 0.2) is 0 Å². The molecule has 6 rings (SSSR count). The molecule has 35 heavy (non-hydrogen) atoms. The van der Waals surface area contributed by atoms with Gasteiger partial charge < -0.3 is 29.4 Å². The summed E-state index contributed by atoms with van der Waals surface area (Å²) < 4.78 is 16.9. The minimum Gasteiger partial charge on any atom is -0.497 e. The number of carbonyl (C=O) groups is 2. The number of methoxy groups -OCH3 is 2. The first kappa shape index (κ1) is 21.7. The lowest BCUT2D eigenvalue weighted by molar-refractivity contribution is -0.135. The third kappa shape index (κ3) is 3.47. The number of hydrogen-bond donors (Lipinski definition) is 2. The number of rotatable bonds is 7. The number of ether oxygens (including phenoxy) is 3. The molecule has 3 aromatic rings. The largest absolute Gasteiger partial charge is 0.497 e. The molecule has 8 heteroatoms. The number of anilines is 1. The van der Waals surface area contributed by atoms with Crippen molar-refractivity contribution in [1.82, 2.24) is 9.88 Å². The standard InChI is InChI=1S/C27H27N3O5/c1-33-18-11-17(12-19(13-18)34-2)29-25(31)23-22-7-9-27(35-22)15-30(26(32)24(23)27)10-8-16-14-28-21-6-4-3-5-20(16)21/h3-7,9,11-14,22-24,28H,8,10,15H2,1-2H3,(H,29,31)/t22-,23+,24-,27+/m1/s1. The smallest absolute Gasteiger partial charge is 0.231 e. The molecule has 4 heterocycles. The predicted octanol–water partition coefficient (Wildman–Crippen LogP) is 3.15. The minimum absolute atomic E-state index is 0.0277. The second-order valence-corrected chi connectivity index (χ2v) is 9.36. The van der Waals surface area contributed by atoms with Gasteiger partial charge in [-0.3, -0.25) is 9.59 Å². The first-order valence-corrected chi connectivity index (χ1v) is 11.8. The van der Waals surface area contributed by atoms with Gasteiger partial charge in [0.2, 0.25) is 11.8 Å². The van der Waals surface area contributed by atoms with Crippen LogP contribution in [0.25, 0.3) is 10.9 Å². The molecule has 3 aliphatic heterocycles. The minimum atomic E-state index is -0.740. The van der Waals surface area contributed by atoms with Crippen molar-refractivity contribution in [2.75, 3.05) is 32.6 Å². The van der Waals surface area contributed by atoms with E-state index in [1.54, 1.807) is 32.4 Å². The fourth-order valence-electron chi connectivity index (χ4n) is 5.77. The Balaban J connectivity index is 1.20. The molecule has 0 unspecified atom stereocenters. The van der Waals surface area contributed by atoms with E-state index >= 15 is 0 Å². The van der Waals surface area contributed by atoms with Crippen molar-refractivity contribution in [1.29, 1.82) is 0 Å². The van der Waals surface area contributed by atoms with Gasteiger partial charge in [0.05, 0.1) is 38.7 Å². The number of hydrogen-bond acceptors (Lipinski definition) is 5. The lowest BCUT2D eigenvalue weighted by Gasteiger charge is -2.23. The van der Waals surface area contributed by atoms with Crippen molar-refractivity contribution < 1.29 is 23.8 Å². The number of nitrogens with one attached hydrogen (secondary N) is 2. The van der Waals surface area contributed by atoms with Crippen LogP contribution in [0, 0.1) is 11.8 Å². The number of aromatic amines is 1. The van der Waals surface area contributed by atoms with Crippen LogP contribution in [0.3, 0.4) is 0 Å². The molecule has 1 spiro atoms. The van der Waals surface area contributed by atoms with E-state index < -0.39 is 23.5 Å². The Morgan fingerprint density at radius 2 is 1.97 bits per heavy atom. The number of nitrogens with zero attached hydrogens (tertiary/aromatic N) is 1. The second kappa shape index (κ2) is 8.16. The monoisotopic (exact) mass is 473 g/mol. The van der Waals surface area contributed by atoms with Gasteiger partial charge in [-0.2, -0.15) is 0 Å². The summed E-state index contributed by atoms with van der Waals surface area (Å²) in [4.78, 5) is 32.1. The number of likely N-dealkylation sites (tertiary alicyclic amines) is 1. The van der Waals surface area contributed by atoms with E-state index in [2.05, 4.69) is 16.4 Å². The zero-order chi connectivity index (χ0) is 24.2. The average molecular weight is 474 g/mol. The van der Waals surface area contributed by atoms with Gasteiger partial charge in [-0.15, -0.1) is 0 Å². The van der Waals surface area contributed by atoms with Crippen LogP contribution in [0.5, 0.6) is 11.5 Å². The third-order valence-corrected chi connectivity index (χ3v) is 7.43. The van der Waals surface area contributed by atoms with Crippen LogP contribution in [-0.2, 0) is 20.7 Å². The van der Waals surface area contributed by atoms with Crippen LogP contribution in [0.1, 0.15) is 5.56 Å². The number of carbonyl (C=O) groups excluding carboxylic acids is 2. The summed E-state index contributed by atoms with van der Waals surface area (Å²) in [7, 11) is 3.11. The van der Waals surface area contributed by atoms with Crippen LogP contribution < -0.4 is 14.8 Å². The summed E-state index contributed by atoms with van der Waals surface area (Å²) in [5.41, 5.74) is 2.07. The fourth-order valence-corrected chi connectivity index (χ4v) is 5.77. The summed E-state index contributed by atoms with van der Waals surface area (Å²) in [6.45, 7) is 1.03. The van der Waals surface area contributed by atoms with Crippen LogP contribution in [0.15, 0.2) is 60.8 Å². The van der Waals surface area contributed by atoms with E-state index in [4.69, 9.17) is 14.2 Å². The normalized spacial score (nSPS) is 26.4. The zero-order valence-electron chi connectivity index (χ0n) is 19.6. The molecular formula is C27H27N3O5. The van der Waals surface area contributed by atoms with E-state index in [0.29, 0.717) is 30.3 Å². The molecule has 0 saturated carbocycles. The van der Waals surface area contributed by atoms with E-state index in [0.717, 1.165) is 11.9 Å². The topological polar surface area (TPSA) is 92.9 Å². The summed E-state index contributed by atoms with van der Waals surface area (Å²) in [5.74, 6) is -0.259. The summed E-state index contributed by atoms with van der Waals surface area (Å²) in [6, 6.07) is 13.3. The maximum atomic E-state index is 13.5. The Morgan fingerprint density at radius 3 is 2.74 bits per heavy atom. The van der Waals surface area contributed by atoms with Crippen molar-refractivity contribution in [3.8, 4) is 11.5 Å². The van der Waals surface area contributed by atoms with Crippen LogP contribution in [-0.4, -0.2) is 60.7 Å². The molecule has 4 atom stereocenters. The number of H-pyrrole nitrogens is 1. The molecule has 2 fully saturated rings. The Bertz CT molecular complexity index is 1330. The molecule has 8 nitrogen and oxygen atoms in total. The molecular weight excluding hydrogens is 446 g/mol. The zero-order valence-corrected chi connectivity index (χ0v) is 19.6. The summed E-state index contributed by atoms with van der Waals surface area (Å²) in [5, 5.41) is 4.12. The van der Waals surface area contributed by atoms with Crippen molar-refractivity contribution in [3.63, 3.8) is 0 Å². The summed E-state index contributed by atoms with van der Waals surface area (Å²) in [6.07, 6.45) is 6.22. The Hall–Kier alpha value is -3.78. The molecule has 180 valence electrons. The van der Waals surface area contributed by atoms with Crippen LogP contribution in [0.2, 0.25) is 0 Å². The van der Waals surface area contributed by atoms with E-state index in [-0.39, 0.29) is 11.8 Å². The molecule has 2 bridgehead atoms. The average Bonchev–Trinajstić information content (AvgIpc) is 3.62. The van der Waals surface area contributed by atoms with Gasteiger partial charge >= 0.3 is 0 Å². The first-order valence-electron chi connectivity index (χ1n) is 11.8.